The van der Waals surface area contributed by atoms with E-state index < -0.39 is 0 Å². The highest BCUT2D eigenvalue weighted by Crippen LogP contribution is 1.98. The second-order valence-electron chi connectivity index (χ2n) is 2.92. The Balaban J connectivity index is 3.93. The Morgan fingerprint density at radius 2 is 2.23 bits per heavy atom. The number of nitriles is 1. The average Bonchev–Trinajstić information content (AvgIpc) is 2.04. The minimum absolute atomic E-state index is 0.108. The molecule has 4 heteroatoms. The fourth-order valence-electron chi connectivity index (χ4n) is 0.840. The lowest BCUT2D eigenvalue weighted by molar-refractivity contribution is 0.0790. The molecule has 0 aliphatic carbocycles. The Kier molecular flexibility index (Phi) is 5.69. The molecular formula is C9H16N2O2. The monoisotopic (exact) mass is 184 g/mol. The van der Waals surface area contributed by atoms with E-state index in [0.717, 1.165) is 0 Å². The molecule has 0 saturated heterocycles. The van der Waals surface area contributed by atoms with Crippen molar-refractivity contribution in [2.24, 2.45) is 0 Å². The first-order valence-corrected chi connectivity index (χ1v) is 4.44. The fourth-order valence-corrected chi connectivity index (χ4v) is 0.840. The predicted octanol–water partition coefficient (Wildman–Crippen LogP) is 1.77. The maximum Gasteiger partial charge on any atom is 0.410 e. The van der Waals surface area contributed by atoms with Crippen LogP contribution in [0.15, 0.2) is 0 Å². The summed E-state index contributed by atoms with van der Waals surface area (Å²) in [4.78, 5) is 12.8. The second-order valence-corrected chi connectivity index (χ2v) is 2.92. The van der Waals surface area contributed by atoms with E-state index in [1.54, 1.807) is 13.8 Å². The zero-order valence-corrected chi connectivity index (χ0v) is 8.41. The van der Waals surface area contributed by atoms with Gasteiger partial charge < -0.3 is 9.64 Å². The summed E-state index contributed by atoms with van der Waals surface area (Å²) in [6.07, 6.45) is -0.0995. The van der Waals surface area contributed by atoms with Gasteiger partial charge in [0.15, 0.2) is 0 Å². The number of hydrogen-bond acceptors (Lipinski definition) is 3. The maximum absolute atomic E-state index is 11.3. The lowest BCUT2D eigenvalue weighted by atomic mass is 10.4. The predicted molar refractivity (Wildman–Crippen MR) is 49.1 cm³/mol. The molecule has 0 saturated carbocycles. The zero-order chi connectivity index (χ0) is 10.3. The van der Waals surface area contributed by atoms with Crippen molar-refractivity contribution in [3.63, 3.8) is 0 Å². The second kappa shape index (κ2) is 6.30. The zero-order valence-electron chi connectivity index (χ0n) is 8.41. The van der Waals surface area contributed by atoms with Crippen LogP contribution in [-0.2, 0) is 4.74 Å². The van der Waals surface area contributed by atoms with Crippen molar-refractivity contribution in [1.29, 1.82) is 5.26 Å². The normalized spacial score (nSPS) is 9.46. The molecule has 0 aromatic heterocycles. The first-order chi connectivity index (χ1) is 6.11. The van der Waals surface area contributed by atoms with Crippen LogP contribution in [0.1, 0.15) is 27.2 Å². The van der Waals surface area contributed by atoms with E-state index in [4.69, 9.17) is 10.00 Å². The molecule has 0 aliphatic rings. The molecule has 0 unspecified atom stereocenters. The molecule has 74 valence electrons. The van der Waals surface area contributed by atoms with Gasteiger partial charge in [0.25, 0.3) is 0 Å². The van der Waals surface area contributed by atoms with Gasteiger partial charge in [0, 0.05) is 13.1 Å². The van der Waals surface area contributed by atoms with Crippen molar-refractivity contribution in [1.82, 2.24) is 4.90 Å². The van der Waals surface area contributed by atoms with Crippen LogP contribution in [-0.4, -0.2) is 30.2 Å². The third kappa shape index (κ3) is 5.07. The number of carbonyl (C=O) groups is 1. The van der Waals surface area contributed by atoms with Crippen LogP contribution in [0.5, 0.6) is 0 Å². The summed E-state index contributed by atoms with van der Waals surface area (Å²) < 4.78 is 4.98. The van der Waals surface area contributed by atoms with E-state index in [0.29, 0.717) is 19.5 Å². The van der Waals surface area contributed by atoms with E-state index in [9.17, 15) is 4.79 Å². The standard InChI is InChI=1S/C9H16N2O2/c1-4-11(7-5-6-10)9(12)13-8(2)3/h8H,4-5,7H2,1-3H3. The van der Waals surface area contributed by atoms with Gasteiger partial charge in [-0.25, -0.2) is 4.79 Å². The maximum atomic E-state index is 11.3. The summed E-state index contributed by atoms with van der Waals surface area (Å²) in [7, 11) is 0. The van der Waals surface area contributed by atoms with Gasteiger partial charge in [0.05, 0.1) is 18.6 Å². The molecule has 0 rings (SSSR count). The number of amides is 1. The molecular weight excluding hydrogens is 168 g/mol. The minimum Gasteiger partial charge on any atom is -0.447 e. The minimum atomic E-state index is -0.340. The Bertz CT molecular complexity index is 196. The van der Waals surface area contributed by atoms with Gasteiger partial charge in [-0.2, -0.15) is 5.26 Å². The Labute approximate surface area is 79.1 Å². The quantitative estimate of drug-likeness (QED) is 0.669. The molecule has 1 amide bonds. The van der Waals surface area contributed by atoms with Gasteiger partial charge in [-0.1, -0.05) is 0 Å². The molecule has 0 heterocycles. The van der Waals surface area contributed by atoms with Crippen LogP contribution < -0.4 is 0 Å². The van der Waals surface area contributed by atoms with Gasteiger partial charge in [-0.05, 0) is 20.8 Å². The van der Waals surface area contributed by atoms with Crippen LogP contribution in [0.3, 0.4) is 0 Å². The lowest BCUT2D eigenvalue weighted by Gasteiger charge is -2.20. The van der Waals surface area contributed by atoms with E-state index in [-0.39, 0.29) is 12.2 Å². The molecule has 0 aromatic rings. The third-order valence-corrected chi connectivity index (χ3v) is 1.47. The largest absolute Gasteiger partial charge is 0.447 e. The summed E-state index contributed by atoms with van der Waals surface area (Å²) in [5.74, 6) is 0. The van der Waals surface area contributed by atoms with Crippen molar-refractivity contribution in [2.45, 2.75) is 33.3 Å². The van der Waals surface area contributed by atoms with E-state index in [1.807, 2.05) is 13.0 Å². The van der Waals surface area contributed by atoms with Crippen molar-refractivity contribution >= 4 is 6.09 Å². The molecule has 0 aromatic carbocycles. The third-order valence-electron chi connectivity index (χ3n) is 1.47. The molecule has 0 bridgehead atoms. The molecule has 0 spiro atoms. The summed E-state index contributed by atoms with van der Waals surface area (Å²) in [6, 6.07) is 1.99. The van der Waals surface area contributed by atoms with E-state index in [2.05, 4.69) is 0 Å². The van der Waals surface area contributed by atoms with Gasteiger partial charge in [0.1, 0.15) is 0 Å². The molecule has 0 atom stereocenters. The highest BCUT2D eigenvalue weighted by molar-refractivity contribution is 5.67. The van der Waals surface area contributed by atoms with Crippen LogP contribution in [0.2, 0.25) is 0 Å². The fraction of sp³-hybridized carbons (Fsp3) is 0.778. The Hall–Kier alpha value is -1.24. The van der Waals surface area contributed by atoms with Gasteiger partial charge in [-0.15, -0.1) is 0 Å². The molecule has 0 radical (unpaired) electrons. The summed E-state index contributed by atoms with van der Waals surface area (Å²) >= 11 is 0. The van der Waals surface area contributed by atoms with Crippen LogP contribution >= 0.6 is 0 Å². The molecule has 0 aliphatic heterocycles. The smallest absolute Gasteiger partial charge is 0.410 e. The number of nitrogens with zero attached hydrogens (tertiary/aromatic N) is 2. The highest BCUT2D eigenvalue weighted by Gasteiger charge is 2.13. The van der Waals surface area contributed by atoms with Gasteiger partial charge >= 0.3 is 6.09 Å². The molecule has 0 N–H and O–H groups in total. The highest BCUT2D eigenvalue weighted by atomic mass is 16.6. The summed E-state index contributed by atoms with van der Waals surface area (Å²) in [5, 5.41) is 8.35. The number of ether oxygens (including phenoxy) is 1. The van der Waals surface area contributed by atoms with Crippen molar-refractivity contribution in [3.05, 3.63) is 0 Å². The topological polar surface area (TPSA) is 53.3 Å². The lowest BCUT2D eigenvalue weighted by Crippen LogP contribution is -2.33. The Morgan fingerprint density at radius 3 is 2.62 bits per heavy atom. The van der Waals surface area contributed by atoms with Crippen LogP contribution in [0.25, 0.3) is 0 Å². The van der Waals surface area contributed by atoms with Crippen molar-refractivity contribution in [3.8, 4) is 6.07 Å². The first kappa shape index (κ1) is 11.8. The van der Waals surface area contributed by atoms with E-state index >= 15 is 0 Å². The van der Waals surface area contributed by atoms with Crippen molar-refractivity contribution < 1.29 is 9.53 Å². The van der Waals surface area contributed by atoms with Gasteiger partial charge in [-0.3, -0.25) is 0 Å². The van der Waals surface area contributed by atoms with E-state index in [1.165, 1.54) is 4.90 Å². The molecule has 0 fully saturated rings. The molecule has 13 heavy (non-hydrogen) atoms. The van der Waals surface area contributed by atoms with Crippen LogP contribution in [0.4, 0.5) is 4.79 Å². The number of hydrogen-bond donors (Lipinski definition) is 0. The number of carbonyl (C=O) groups excluding carboxylic acids is 1. The Morgan fingerprint density at radius 1 is 1.62 bits per heavy atom. The summed E-state index contributed by atoms with van der Waals surface area (Å²) in [6.45, 7) is 6.48. The molecule has 4 nitrogen and oxygen atoms in total. The number of rotatable bonds is 4. The van der Waals surface area contributed by atoms with Crippen molar-refractivity contribution in [2.75, 3.05) is 13.1 Å². The van der Waals surface area contributed by atoms with Crippen LogP contribution in [0, 0.1) is 11.3 Å². The van der Waals surface area contributed by atoms with Gasteiger partial charge in [0.2, 0.25) is 0 Å². The SMILES string of the molecule is CCN(CCC#N)C(=O)OC(C)C. The first-order valence-electron chi connectivity index (χ1n) is 4.44. The summed E-state index contributed by atoms with van der Waals surface area (Å²) in [5.41, 5.74) is 0. The average molecular weight is 184 g/mol.